The predicted octanol–water partition coefficient (Wildman–Crippen LogP) is 2.56. The molecular formula is C14H21BrN2O2. The Morgan fingerprint density at radius 1 is 1.47 bits per heavy atom. The van der Waals surface area contributed by atoms with Gasteiger partial charge in [-0.25, -0.2) is 0 Å². The van der Waals surface area contributed by atoms with Gasteiger partial charge in [-0.3, -0.25) is 4.79 Å². The molecule has 0 aromatic heterocycles. The molecule has 1 unspecified atom stereocenters. The van der Waals surface area contributed by atoms with Crippen LogP contribution in [0.15, 0.2) is 22.7 Å². The number of carbonyl (C=O) groups excluding carboxylic acids is 1. The standard InChI is InChI=1S/C14H21BrN2O2/c1-14(2,3)7-10(18)8-17-13(19)9-4-5-11(15)12(16)6-9/h4-6,10,18H,7-8,16H2,1-3H3,(H,17,19). The van der Waals surface area contributed by atoms with Gasteiger partial charge in [0, 0.05) is 22.3 Å². The Hall–Kier alpha value is -1.07. The lowest BCUT2D eigenvalue weighted by atomic mass is 9.89. The Kier molecular flexibility index (Phi) is 5.38. The van der Waals surface area contributed by atoms with E-state index in [0.717, 1.165) is 4.47 Å². The first-order chi connectivity index (χ1) is 8.69. The normalized spacial score (nSPS) is 13.1. The number of rotatable bonds is 4. The number of aliphatic hydroxyl groups excluding tert-OH is 1. The molecule has 106 valence electrons. The molecule has 0 radical (unpaired) electrons. The summed E-state index contributed by atoms with van der Waals surface area (Å²) >= 11 is 3.28. The van der Waals surface area contributed by atoms with E-state index in [1.807, 2.05) is 20.8 Å². The maximum Gasteiger partial charge on any atom is 0.251 e. The van der Waals surface area contributed by atoms with Gasteiger partial charge in [-0.2, -0.15) is 0 Å². The fourth-order valence-electron chi connectivity index (χ4n) is 1.78. The van der Waals surface area contributed by atoms with Gasteiger partial charge in [0.2, 0.25) is 0 Å². The molecule has 0 aliphatic carbocycles. The molecule has 0 aliphatic rings. The van der Waals surface area contributed by atoms with Crippen molar-refractivity contribution < 1.29 is 9.90 Å². The van der Waals surface area contributed by atoms with Gasteiger partial charge in [0.1, 0.15) is 0 Å². The van der Waals surface area contributed by atoms with Gasteiger partial charge in [-0.15, -0.1) is 0 Å². The van der Waals surface area contributed by atoms with Crippen LogP contribution in [0.1, 0.15) is 37.6 Å². The van der Waals surface area contributed by atoms with Crippen molar-refractivity contribution in [3.8, 4) is 0 Å². The average Bonchev–Trinajstić information content (AvgIpc) is 2.27. The van der Waals surface area contributed by atoms with E-state index in [2.05, 4.69) is 21.2 Å². The zero-order valence-electron chi connectivity index (χ0n) is 11.5. The first-order valence-electron chi connectivity index (χ1n) is 6.20. The highest BCUT2D eigenvalue weighted by Gasteiger charge is 2.17. The van der Waals surface area contributed by atoms with E-state index in [1.165, 1.54) is 0 Å². The minimum absolute atomic E-state index is 0.0339. The quantitative estimate of drug-likeness (QED) is 0.743. The van der Waals surface area contributed by atoms with Crippen molar-refractivity contribution in [1.29, 1.82) is 0 Å². The highest BCUT2D eigenvalue weighted by Crippen LogP contribution is 2.21. The molecule has 0 saturated heterocycles. The van der Waals surface area contributed by atoms with E-state index in [0.29, 0.717) is 17.7 Å². The highest BCUT2D eigenvalue weighted by atomic mass is 79.9. The summed E-state index contributed by atoms with van der Waals surface area (Å²) in [6.07, 6.45) is 0.0900. The summed E-state index contributed by atoms with van der Waals surface area (Å²) in [6.45, 7) is 6.39. The molecule has 1 amide bonds. The van der Waals surface area contributed by atoms with E-state index in [9.17, 15) is 9.90 Å². The van der Waals surface area contributed by atoms with E-state index in [1.54, 1.807) is 18.2 Å². The maximum absolute atomic E-state index is 11.9. The van der Waals surface area contributed by atoms with Crippen LogP contribution in [0.25, 0.3) is 0 Å². The second kappa shape index (κ2) is 6.39. The molecular weight excluding hydrogens is 308 g/mol. The molecule has 0 heterocycles. The number of aliphatic hydroxyl groups is 1. The van der Waals surface area contributed by atoms with Gasteiger partial charge in [-0.05, 0) is 46.0 Å². The Morgan fingerprint density at radius 2 is 2.11 bits per heavy atom. The van der Waals surface area contributed by atoms with Gasteiger partial charge < -0.3 is 16.2 Å². The van der Waals surface area contributed by atoms with E-state index >= 15 is 0 Å². The number of halogens is 1. The lowest BCUT2D eigenvalue weighted by molar-refractivity contribution is 0.0868. The van der Waals surface area contributed by atoms with Crippen LogP contribution >= 0.6 is 15.9 Å². The number of nitrogens with one attached hydrogen (secondary N) is 1. The molecule has 4 N–H and O–H groups in total. The number of hydrogen-bond acceptors (Lipinski definition) is 3. The van der Waals surface area contributed by atoms with Crippen LogP contribution < -0.4 is 11.1 Å². The molecule has 0 aliphatic heterocycles. The third kappa shape index (κ3) is 5.61. The fraction of sp³-hybridized carbons (Fsp3) is 0.500. The molecule has 19 heavy (non-hydrogen) atoms. The first kappa shape index (κ1) is 16.0. The lowest BCUT2D eigenvalue weighted by Gasteiger charge is -2.22. The summed E-state index contributed by atoms with van der Waals surface area (Å²) in [5.41, 5.74) is 6.76. The van der Waals surface area contributed by atoms with Crippen LogP contribution in [0.3, 0.4) is 0 Å². The summed E-state index contributed by atoms with van der Waals surface area (Å²) in [4.78, 5) is 11.9. The molecule has 5 heteroatoms. The number of nitrogens with two attached hydrogens (primary N) is 1. The molecule has 1 aromatic carbocycles. The third-order valence-electron chi connectivity index (χ3n) is 2.60. The first-order valence-corrected chi connectivity index (χ1v) is 6.99. The van der Waals surface area contributed by atoms with Crippen molar-refractivity contribution in [1.82, 2.24) is 5.32 Å². The molecule has 1 rings (SSSR count). The largest absolute Gasteiger partial charge is 0.398 e. The van der Waals surface area contributed by atoms with Crippen LogP contribution in [0.4, 0.5) is 5.69 Å². The minimum atomic E-state index is -0.545. The van der Waals surface area contributed by atoms with Crippen LogP contribution in [0.5, 0.6) is 0 Å². The zero-order chi connectivity index (χ0) is 14.6. The molecule has 0 bridgehead atoms. The topological polar surface area (TPSA) is 75.3 Å². The molecule has 0 saturated carbocycles. The van der Waals surface area contributed by atoms with Crippen molar-refractivity contribution in [3.63, 3.8) is 0 Å². The number of amides is 1. The smallest absolute Gasteiger partial charge is 0.251 e. The minimum Gasteiger partial charge on any atom is -0.398 e. The Balaban J connectivity index is 2.53. The number of carbonyl (C=O) groups is 1. The number of benzene rings is 1. The average molecular weight is 329 g/mol. The fourth-order valence-corrected chi connectivity index (χ4v) is 2.02. The van der Waals surface area contributed by atoms with Crippen molar-refractivity contribution in [3.05, 3.63) is 28.2 Å². The molecule has 0 fully saturated rings. The predicted molar refractivity (Wildman–Crippen MR) is 81.0 cm³/mol. The number of nitrogen functional groups attached to an aromatic ring is 1. The Morgan fingerprint density at radius 3 is 2.63 bits per heavy atom. The summed E-state index contributed by atoms with van der Waals surface area (Å²) in [5, 5.41) is 12.5. The molecule has 1 aromatic rings. The highest BCUT2D eigenvalue weighted by molar-refractivity contribution is 9.10. The Labute approximate surface area is 122 Å². The lowest BCUT2D eigenvalue weighted by Crippen LogP contribution is -2.34. The van der Waals surface area contributed by atoms with Crippen molar-refractivity contribution >= 4 is 27.5 Å². The maximum atomic E-state index is 11.9. The number of hydrogen-bond donors (Lipinski definition) is 3. The second-order valence-corrected chi connectivity index (χ2v) is 6.72. The van der Waals surface area contributed by atoms with Crippen molar-refractivity contribution in [2.45, 2.75) is 33.3 Å². The monoisotopic (exact) mass is 328 g/mol. The van der Waals surface area contributed by atoms with Gasteiger partial charge in [0.25, 0.3) is 5.91 Å². The van der Waals surface area contributed by atoms with Crippen molar-refractivity contribution in [2.75, 3.05) is 12.3 Å². The van der Waals surface area contributed by atoms with E-state index < -0.39 is 6.10 Å². The van der Waals surface area contributed by atoms with E-state index in [4.69, 9.17) is 5.73 Å². The van der Waals surface area contributed by atoms with Crippen molar-refractivity contribution in [2.24, 2.45) is 5.41 Å². The van der Waals surface area contributed by atoms with Crippen LogP contribution in [0.2, 0.25) is 0 Å². The number of anilines is 1. The van der Waals surface area contributed by atoms with E-state index in [-0.39, 0.29) is 17.9 Å². The Bertz CT molecular complexity index is 455. The SMILES string of the molecule is CC(C)(C)CC(O)CNC(=O)c1ccc(Br)c(N)c1. The van der Waals surface area contributed by atoms with Crippen LogP contribution in [-0.4, -0.2) is 23.7 Å². The zero-order valence-corrected chi connectivity index (χ0v) is 13.1. The van der Waals surface area contributed by atoms with Gasteiger partial charge in [0.05, 0.1) is 6.10 Å². The van der Waals surface area contributed by atoms with Gasteiger partial charge >= 0.3 is 0 Å². The van der Waals surface area contributed by atoms with Crippen LogP contribution in [0, 0.1) is 5.41 Å². The van der Waals surface area contributed by atoms with Crippen LogP contribution in [-0.2, 0) is 0 Å². The van der Waals surface area contributed by atoms with Gasteiger partial charge in [-0.1, -0.05) is 20.8 Å². The molecule has 1 atom stereocenters. The second-order valence-electron chi connectivity index (χ2n) is 5.86. The summed E-state index contributed by atoms with van der Waals surface area (Å²) in [6, 6.07) is 5.03. The molecule has 0 spiro atoms. The summed E-state index contributed by atoms with van der Waals surface area (Å²) in [5.74, 6) is -0.229. The summed E-state index contributed by atoms with van der Waals surface area (Å²) in [7, 11) is 0. The summed E-state index contributed by atoms with van der Waals surface area (Å²) < 4.78 is 0.761. The van der Waals surface area contributed by atoms with Gasteiger partial charge in [0.15, 0.2) is 0 Å². The molecule has 4 nitrogen and oxygen atoms in total. The third-order valence-corrected chi connectivity index (χ3v) is 3.33.